The van der Waals surface area contributed by atoms with Crippen molar-refractivity contribution in [2.45, 2.75) is 6.18 Å². The molecule has 0 aliphatic heterocycles. The molecule has 0 saturated heterocycles. The average Bonchev–Trinajstić information content (AvgIpc) is 3.25. The highest BCUT2D eigenvalue weighted by molar-refractivity contribution is 6.08. The number of nitrogens with one attached hydrogen (secondary N) is 1. The zero-order valence-electron chi connectivity index (χ0n) is 16.8. The summed E-state index contributed by atoms with van der Waals surface area (Å²) in [5.41, 5.74) is 0.781. The van der Waals surface area contributed by atoms with Crippen molar-refractivity contribution in [2.75, 3.05) is 5.32 Å². The van der Waals surface area contributed by atoms with Crippen LogP contribution < -0.4 is 5.32 Å². The summed E-state index contributed by atoms with van der Waals surface area (Å²) in [5.74, 6) is -0.592. The lowest BCUT2D eigenvalue weighted by Gasteiger charge is -2.09. The van der Waals surface area contributed by atoms with Gasteiger partial charge in [-0.3, -0.25) is 14.9 Å². The molecule has 0 atom stereocenters. The second kappa shape index (κ2) is 8.58. The van der Waals surface area contributed by atoms with Gasteiger partial charge in [0, 0.05) is 29.6 Å². The van der Waals surface area contributed by atoms with E-state index in [1.165, 1.54) is 35.1 Å². The highest BCUT2D eigenvalue weighted by atomic mass is 19.4. The fourth-order valence-electron chi connectivity index (χ4n) is 3.15. The van der Waals surface area contributed by atoms with Crippen molar-refractivity contribution in [3.05, 3.63) is 106 Å². The van der Waals surface area contributed by atoms with Crippen molar-refractivity contribution >= 4 is 17.3 Å². The number of nitrogens with zero attached hydrogens (tertiary/aromatic N) is 3. The van der Waals surface area contributed by atoms with Crippen molar-refractivity contribution in [1.29, 1.82) is 0 Å². The number of aromatic nitrogens is 2. The molecule has 4 rings (SSSR count). The predicted octanol–water partition coefficient (Wildman–Crippen LogP) is 5.72. The number of non-ortho nitro benzene ring substituents is 1. The van der Waals surface area contributed by atoms with E-state index in [1.807, 2.05) is 6.07 Å². The van der Waals surface area contributed by atoms with E-state index in [-0.39, 0.29) is 22.6 Å². The van der Waals surface area contributed by atoms with Gasteiger partial charge in [0.15, 0.2) is 0 Å². The monoisotopic (exact) mass is 452 g/mol. The molecule has 0 fully saturated rings. The maximum atomic E-state index is 13.0. The number of hydrogen-bond acceptors (Lipinski definition) is 4. The third-order valence-corrected chi connectivity index (χ3v) is 4.80. The van der Waals surface area contributed by atoms with Crippen LogP contribution in [0.2, 0.25) is 0 Å². The number of nitro benzene ring substituents is 1. The number of amides is 1. The zero-order valence-corrected chi connectivity index (χ0v) is 16.8. The molecule has 0 spiro atoms. The molecular formula is C23H15F3N4O3. The van der Waals surface area contributed by atoms with Crippen LogP contribution in [0.1, 0.15) is 15.9 Å². The topological polar surface area (TPSA) is 90.1 Å². The predicted molar refractivity (Wildman–Crippen MR) is 115 cm³/mol. The van der Waals surface area contributed by atoms with Crippen LogP contribution in [0.15, 0.2) is 85.1 Å². The molecule has 1 amide bonds. The number of rotatable bonds is 5. The van der Waals surface area contributed by atoms with Crippen LogP contribution in [0.25, 0.3) is 16.9 Å². The Kier molecular flexibility index (Phi) is 5.65. The van der Waals surface area contributed by atoms with Gasteiger partial charge < -0.3 is 5.32 Å². The normalized spacial score (nSPS) is 11.2. The van der Waals surface area contributed by atoms with Gasteiger partial charge in [0.1, 0.15) is 5.69 Å². The number of halogens is 3. The first-order valence-electron chi connectivity index (χ1n) is 9.61. The zero-order chi connectivity index (χ0) is 23.6. The quantitative estimate of drug-likeness (QED) is 0.310. The lowest BCUT2D eigenvalue weighted by atomic mass is 10.1. The molecule has 0 bridgehead atoms. The number of benzene rings is 3. The van der Waals surface area contributed by atoms with Crippen molar-refractivity contribution in [2.24, 2.45) is 0 Å². The van der Waals surface area contributed by atoms with Crippen LogP contribution in [0, 0.1) is 10.1 Å². The molecule has 4 aromatic rings. The molecule has 7 nitrogen and oxygen atoms in total. The summed E-state index contributed by atoms with van der Waals surface area (Å²) < 4.78 is 39.9. The summed E-state index contributed by atoms with van der Waals surface area (Å²) in [6.45, 7) is 0. The van der Waals surface area contributed by atoms with Crippen LogP contribution in [-0.2, 0) is 6.18 Å². The van der Waals surface area contributed by atoms with E-state index in [2.05, 4.69) is 10.4 Å². The van der Waals surface area contributed by atoms with Crippen molar-refractivity contribution in [3.8, 4) is 16.9 Å². The number of hydrogen-bond donors (Lipinski definition) is 1. The van der Waals surface area contributed by atoms with Gasteiger partial charge in [-0.2, -0.15) is 18.3 Å². The second-order valence-electron chi connectivity index (χ2n) is 7.00. The van der Waals surface area contributed by atoms with Crippen molar-refractivity contribution in [3.63, 3.8) is 0 Å². The van der Waals surface area contributed by atoms with Gasteiger partial charge in [0.2, 0.25) is 0 Å². The molecule has 1 aromatic heterocycles. The number of alkyl halides is 3. The number of para-hydroxylation sites is 1. The van der Waals surface area contributed by atoms with E-state index in [9.17, 15) is 28.1 Å². The van der Waals surface area contributed by atoms with Crippen LogP contribution in [0.3, 0.4) is 0 Å². The Hall–Kier alpha value is -4.47. The van der Waals surface area contributed by atoms with E-state index < -0.39 is 22.6 Å². The molecule has 0 aliphatic carbocycles. The summed E-state index contributed by atoms with van der Waals surface area (Å²) in [6.07, 6.45) is -2.99. The van der Waals surface area contributed by atoms with Crippen LogP contribution >= 0.6 is 0 Å². The number of anilines is 1. The average molecular weight is 452 g/mol. The Morgan fingerprint density at radius 2 is 1.58 bits per heavy atom. The molecule has 0 unspecified atom stereocenters. The molecule has 166 valence electrons. The summed E-state index contributed by atoms with van der Waals surface area (Å²) >= 11 is 0. The van der Waals surface area contributed by atoms with Crippen LogP contribution in [-0.4, -0.2) is 20.6 Å². The first kappa shape index (κ1) is 21.8. The Labute approximate surface area is 185 Å². The molecule has 0 radical (unpaired) electrons. The van der Waals surface area contributed by atoms with E-state index in [0.717, 1.165) is 24.3 Å². The first-order valence-corrected chi connectivity index (χ1v) is 9.61. The van der Waals surface area contributed by atoms with Gasteiger partial charge in [-0.25, -0.2) is 4.68 Å². The summed E-state index contributed by atoms with van der Waals surface area (Å²) in [4.78, 5) is 23.4. The highest BCUT2D eigenvalue weighted by Crippen LogP contribution is 2.30. The van der Waals surface area contributed by atoms with Gasteiger partial charge >= 0.3 is 6.18 Å². The number of nitro groups is 1. The third kappa shape index (κ3) is 4.74. The minimum Gasteiger partial charge on any atom is -0.322 e. The van der Waals surface area contributed by atoms with E-state index in [0.29, 0.717) is 11.3 Å². The fourth-order valence-corrected chi connectivity index (χ4v) is 3.15. The SMILES string of the molecule is O=C(Nc1ccc(C(F)(F)F)cc1)c1cn(-c2ccccc2)nc1-c1ccc([N+](=O)[O-])cc1. The molecule has 0 saturated carbocycles. The Balaban J connectivity index is 1.70. The van der Waals surface area contributed by atoms with Gasteiger partial charge in [0.25, 0.3) is 11.6 Å². The van der Waals surface area contributed by atoms with Crippen LogP contribution in [0.4, 0.5) is 24.5 Å². The summed E-state index contributed by atoms with van der Waals surface area (Å²) in [6, 6.07) is 18.6. The molecule has 0 aliphatic rings. The maximum absolute atomic E-state index is 13.0. The lowest BCUT2D eigenvalue weighted by Crippen LogP contribution is -2.13. The van der Waals surface area contributed by atoms with Crippen molar-refractivity contribution < 1.29 is 22.9 Å². The minimum atomic E-state index is -4.48. The van der Waals surface area contributed by atoms with Gasteiger partial charge in [-0.1, -0.05) is 18.2 Å². The first-order chi connectivity index (χ1) is 15.7. The largest absolute Gasteiger partial charge is 0.416 e. The lowest BCUT2D eigenvalue weighted by molar-refractivity contribution is -0.384. The van der Waals surface area contributed by atoms with Gasteiger partial charge in [-0.15, -0.1) is 0 Å². The van der Waals surface area contributed by atoms with Gasteiger partial charge in [0.05, 0.1) is 21.7 Å². The molecule has 1 heterocycles. The van der Waals surface area contributed by atoms with Gasteiger partial charge in [-0.05, 0) is 48.5 Å². The Morgan fingerprint density at radius 1 is 0.939 bits per heavy atom. The molecule has 1 N–H and O–H groups in total. The fraction of sp³-hybridized carbons (Fsp3) is 0.0435. The standard InChI is InChI=1S/C23H15F3N4O3/c24-23(25,26)16-8-10-17(11-9-16)27-22(31)20-14-29(18-4-2-1-3-5-18)28-21(20)15-6-12-19(13-7-15)30(32)33/h1-14H,(H,27,31). The Morgan fingerprint density at radius 3 is 2.15 bits per heavy atom. The number of carbonyl (C=O) groups is 1. The molecule has 10 heteroatoms. The summed E-state index contributed by atoms with van der Waals surface area (Å²) in [5, 5.41) is 18.0. The van der Waals surface area contributed by atoms with E-state index in [4.69, 9.17) is 0 Å². The van der Waals surface area contributed by atoms with E-state index in [1.54, 1.807) is 24.3 Å². The molecule has 33 heavy (non-hydrogen) atoms. The van der Waals surface area contributed by atoms with E-state index >= 15 is 0 Å². The second-order valence-corrected chi connectivity index (χ2v) is 7.00. The molecular weight excluding hydrogens is 437 g/mol. The van der Waals surface area contributed by atoms with Crippen molar-refractivity contribution in [1.82, 2.24) is 9.78 Å². The smallest absolute Gasteiger partial charge is 0.322 e. The number of carbonyl (C=O) groups excluding carboxylic acids is 1. The summed E-state index contributed by atoms with van der Waals surface area (Å²) in [7, 11) is 0. The third-order valence-electron chi connectivity index (χ3n) is 4.80. The molecule has 3 aromatic carbocycles. The Bertz CT molecular complexity index is 1300. The minimum absolute atomic E-state index is 0.114. The highest BCUT2D eigenvalue weighted by Gasteiger charge is 2.30. The van der Waals surface area contributed by atoms with Crippen LogP contribution in [0.5, 0.6) is 0 Å². The maximum Gasteiger partial charge on any atom is 0.416 e.